The molecular weight excluding hydrogens is 320 g/mol. The number of nitriles is 1. The molecule has 1 aliphatic rings. The van der Waals surface area contributed by atoms with Crippen LogP contribution in [0.3, 0.4) is 0 Å². The molecule has 0 fully saturated rings. The number of aromatic hydroxyl groups is 1. The van der Waals surface area contributed by atoms with Crippen LogP contribution in [0.4, 0.5) is 0 Å². The lowest BCUT2D eigenvalue weighted by molar-refractivity contribution is 0.388. The monoisotopic (exact) mass is 332 g/mol. The summed E-state index contributed by atoms with van der Waals surface area (Å²) in [7, 11) is 0. The minimum atomic E-state index is -0.727. The van der Waals surface area contributed by atoms with Crippen LogP contribution in [0, 0.1) is 11.3 Å². The van der Waals surface area contributed by atoms with Gasteiger partial charge in [-0.3, -0.25) is 0 Å². The Balaban J connectivity index is 2.08. The van der Waals surface area contributed by atoms with Gasteiger partial charge >= 0.3 is 5.63 Å². The molecule has 25 heavy (non-hydrogen) atoms. The van der Waals surface area contributed by atoms with E-state index in [1.165, 1.54) is 12.1 Å². The van der Waals surface area contributed by atoms with E-state index in [4.69, 9.17) is 14.9 Å². The average Bonchev–Trinajstić information content (AvgIpc) is 2.61. The predicted molar refractivity (Wildman–Crippen MR) is 89.9 cm³/mol. The molecular formula is C19H12N2O4. The molecule has 6 heteroatoms. The van der Waals surface area contributed by atoms with Gasteiger partial charge in [-0.15, -0.1) is 0 Å². The minimum Gasteiger partial charge on any atom is -0.508 e. The van der Waals surface area contributed by atoms with Gasteiger partial charge in [0.15, 0.2) is 5.75 Å². The Morgan fingerprint density at radius 2 is 1.84 bits per heavy atom. The Kier molecular flexibility index (Phi) is 3.22. The molecule has 0 radical (unpaired) electrons. The van der Waals surface area contributed by atoms with Gasteiger partial charge in [-0.1, -0.05) is 24.3 Å². The fourth-order valence-electron chi connectivity index (χ4n) is 3.07. The number of nitrogens with zero attached hydrogens (tertiary/aromatic N) is 1. The SMILES string of the molecule is N#CC1=C(N)Oc2c(c(=O)oc3ccccc23)C1c1ccc(O)cc1. The van der Waals surface area contributed by atoms with E-state index in [1.54, 1.807) is 36.4 Å². The van der Waals surface area contributed by atoms with Crippen molar-refractivity contribution in [1.82, 2.24) is 0 Å². The normalized spacial score (nSPS) is 16.2. The summed E-state index contributed by atoms with van der Waals surface area (Å²) in [6.07, 6.45) is 0. The van der Waals surface area contributed by atoms with Crippen molar-refractivity contribution in [1.29, 1.82) is 5.26 Å². The van der Waals surface area contributed by atoms with Crippen LogP contribution in [-0.4, -0.2) is 5.11 Å². The van der Waals surface area contributed by atoms with Crippen LogP contribution in [0.1, 0.15) is 17.0 Å². The number of ether oxygens (including phenoxy) is 1. The van der Waals surface area contributed by atoms with E-state index in [0.29, 0.717) is 22.3 Å². The summed E-state index contributed by atoms with van der Waals surface area (Å²) in [5.74, 6) is -0.405. The lowest BCUT2D eigenvalue weighted by Crippen LogP contribution is -2.26. The lowest BCUT2D eigenvalue weighted by Gasteiger charge is -2.25. The molecule has 6 nitrogen and oxygen atoms in total. The first-order valence-corrected chi connectivity index (χ1v) is 7.52. The van der Waals surface area contributed by atoms with Crippen LogP contribution in [0.25, 0.3) is 11.0 Å². The third kappa shape index (κ3) is 2.22. The Hall–Kier alpha value is -3.72. The van der Waals surface area contributed by atoms with Crippen LogP contribution >= 0.6 is 0 Å². The van der Waals surface area contributed by atoms with Gasteiger partial charge in [0.2, 0.25) is 5.88 Å². The highest BCUT2D eigenvalue weighted by atomic mass is 16.5. The largest absolute Gasteiger partial charge is 0.508 e. The van der Waals surface area contributed by atoms with Gasteiger partial charge in [-0.2, -0.15) is 5.26 Å². The molecule has 4 rings (SSSR count). The summed E-state index contributed by atoms with van der Waals surface area (Å²) in [6.45, 7) is 0. The van der Waals surface area contributed by atoms with E-state index in [2.05, 4.69) is 0 Å². The molecule has 2 heterocycles. The van der Waals surface area contributed by atoms with E-state index >= 15 is 0 Å². The van der Waals surface area contributed by atoms with Crippen molar-refractivity contribution in [3.05, 3.63) is 81.5 Å². The second-order valence-electron chi connectivity index (χ2n) is 5.64. The molecule has 1 aliphatic heterocycles. The first kappa shape index (κ1) is 14.8. The third-order valence-electron chi connectivity index (χ3n) is 4.20. The van der Waals surface area contributed by atoms with Crippen molar-refractivity contribution in [3.8, 4) is 17.6 Å². The molecule has 2 aromatic carbocycles. The number of nitrogens with two attached hydrogens (primary N) is 1. The van der Waals surface area contributed by atoms with Gasteiger partial charge in [0, 0.05) is 0 Å². The van der Waals surface area contributed by atoms with E-state index in [1.807, 2.05) is 6.07 Å². The molecule has 3 aromatic rings. The Labute approximate surface area is 142 Å². The maximum absolute atomic E-state index is 12.6. The standard InChI is InChI=1S/C19H12N2O4/c20-9-13-15(10-5-7-11(22)8-6-10)16-17(25-18(13)21)12-3-1-2-4-14(12)24-19(16)23/h1-8,15,22H,21H2. The first-order valence-electron chi connectivity index (χ1n) is 7.52. The predicted octanol–water partition coefficient (Wildman–Crippen LogP) is 2.72. The number of allylic oxidation sites excluding steroid dienone is 1. The highest BCUT2D eigenvalue weighted by Gasteiger charge is 2.35. The second kappa shape index (κ2) is 5.42. The van der Waals surface area contributed by atoms with E-state index in [9.17, 15) is 15.2 Å². The van der Waals surface area contributed by atoms with Crippen LogP contribution in [-0.2, 0) is 0 Å². The highest BCUT2D eigenvalue weighted by molar-refractivity contribution is 5.86. The first-order chi connectivity index (χ1) is 12.1. The topological polar surface area (TPSA) is 109 Å². The van der Waals surface area contributed by atoms with E-state index in [0.717, 1.165) is 0 Å². The van der Waals surface area contributed by atoms with Gasteiger partial charge < -0.3 is 20.0 Å². The van der Waals surface area contributed by atoms with Gasteiger partial charge in [-0.05, 0) is 29.8 Å². The van der Waals surface area contributed by atoms with Gasteiger partial charge in [-0.25, -0.2) is 4.79 Å². The fourth-order valence-corrected chi connectivity index (χ4v) is 3.07. The molecule has 0 bridgehead atoms. The van der Waals surface area contributed by atoms with Crippen LogP contribution in [0.15, 0.2) is 69.2 Å². The number of hydrogen-bond acceptors (Lipinski definition) is 6. The number of phenols is 1. The second-order valence-corrected chi connectivity index (χ2v) is 5.64. The number of benzene rings is 2. The maximum Gasteiger partial charge on any atom is 0.344 e. The third-order valence-corrected chi connectivity index (χ3v) is 4.20. The summed E-state index contributed by atoms with van der Waals surface area (Å²) in [5, 5.41) is 19.6. The number of para-hydroxylation sites is 1. The van der Waals surface area contributed by atoms with Crippen molar-refractivity contribution >= 4 is 11.0 Å². The summed E-state index contributed by atoms with van der Waals surface area (Å²) in [6, 6.07) is 15.2. The van der Waals surface area contributed by atoms with Crippen LogP contribution in [0.2, 0.25) is 0 Å². The maximum atomic E-state index is 12.6. The highest BCUT2D eigenvalue weighted by Crippen LogP contribution is 2.43. The molecule has 122 valence electrons. The molecule has 0 amide bonds. The molecule has 0 saturated heterocycles. The summed E-state index contributed by atoms with van der Waals surface area (Å²) in [4.78, 5) is 12.6. The molecule has 1 atom stereocenters. The van der Waals surface area contributed by atoms with Gasteiger partial charge in [0.25, 0.3) is 0 Å². The van der Waals surface area contributed by atoms with Crippen molar-refractivity contribution in [3.63, 3.8) is 0 Å². The van der Waals surface area contributed by atoms with Gasteiger partial charge in [0.05, 0.1) is 16.9 Å². The van der Waals surface area contributed by atoms with Crippen molar-refractivity contribution in [2.45, 2.75) is 5.92 Å². The minimum absolute atomic E-state index is 0.0520. The van der Waals surface area contributed by atoms with Crippen LogP contribution < -0.4 is 16.1 Å². The Morgan fingerprint density at radius 3 is 2.56 bits per heavy atom. The summed E-state index contributed by atoms with van der Waals surface area (Å²) >= 11 is 0. The number of hydrogen-bond donors (Lipinski definition) is 2. The number of phenolic OH excluding ortho intramolecular Hbond substituents is 1. The Morgan fingerprint density at radius 1 is 1.12 bits per heavy atom. The molecule has 0 saturated carbocycles. The molecule has 0 spiro atoms. The molecule has 1 aromatic heterocycles. The Bertz CT molecular complexity index is 1120. The zero-order chi connectivity index (χ0) is 17.6. The van der Waals surface area contributed by atoms with Gasteiger partial charge in [0.1, 0.15) is 23.0 Å². The quantitative estimate of drug-likeness (QED) is 0.663. The number of rotatable bonds is 1. The van der Waals surface area contributed by atoms with E-state index < -0.39 is 11.5 Å². The molecule has 3 N–H and O–H groups in total. The number of fused-ring (bicyclic) bond motifs is 3. The van der Waals surface area contributed by atoms with E-state index in [-0.39, 0.29) is 22.8 Å². The lowest BCUT2D eigenvalue weighted by atomic mass is 9.84. The zero-order valence-corrected chi connectivity index (χ0v) is 12.9. The summed E-state index contributed by atoms with van der Waals surface area (Å²) < 4.78 is 11.0. The van der Waals surface area contributed by atoms with Crippen LogP contribution in [0.5, 0.6) is 11.5 Å². The molecule has 1 unspecified atom stereocenters. The molecule has 0 aliphatic carbocycles. The van der Waals surface area contributed by atoms with Crippen molar-refractivity contribution in [2.24, 2.45) is 5.73 Å². The fraction of sp³-hybridized carbons (Fsp3) is 0.0526. The summed E-state index contributed by atoms with van der Waals surface area (Å²) in [5.41, 5.74) is 6.72. The van der Waals surface area contributed by atoms with Crippen molar-refractivity contribution < 1.29 is 14.3 Å². The smallest absolute Gasteiger partial charge is 0.344 e. The van der Waals surface area contributed by atoms with Crippen molar-refractivity contribution in [2.75, 3.05) is 0 Å². The zero-order valence-electron chi connectivity index (χ0n) is 12.9. The average molecular weight is 332 g/mol.